The van der Waals surface area contributed by atoms with Crippen LogP contribution >= 0.6 is 11.6 Å². The Balaban J connectivity index is 1.63. The summed E-state index contributed by atoms with van der Waals surface area (Å²) in [6.45, 7) is 1.94. The first-order valence-corrected chi connectivity index (χ1v) is 9.99. The molecule has 1 atom stereocenters. The summed E-state index contributed by atoms with van der Waals surface area (Å²) in [6.07, 6.45) is 0.975. The molecule has 146 valence electrons. The zero-order chi connectivity index (χ0) is 19.9. The summed E-state index contributed by atoms with van der Waals surface area (Å²) < 4.78 is 13.4. The van der Waals surface area contributed by atoms with Gasteiger partial charge in [-0.1, -0.05) is 48.0 Å². The summed E-state index contributed by atoms with van der Waals surface area (Å²) in [7, 11) is 4.10. The molecule has 0 aliphatic carbocycles. The van der Waals surface area contributed by atoms with Crippen LogP contribution in [0.2, 0.25) is 5.02 Å². The fourth-order valence-electron chi connectivity index (χ4n) is 3.40. The minimum Gasteiger partial charge on any atom is -0.378 e. The Kier molecular flexibility index (Phi) is 7.07. The molecule has 0 unspecified atom stereocenters. The normalized spacial score (nSPS) is 12.0. The van der Waals surface area contributed by atoms with Gasteiger partial charge in [0, 0.05) is 42.7 Å². The molecule has 4 heteroatoms. The van der Waals surface area contributed by atoms with Crippen LogP contribution in [0.25, 0.3) is 0 Å². The van der Waals surface area contributed by atoms with E-state index in [0.717, 1.165) is 30.1 Å². The molecule has 3 aromatic rings. The Morgan fingerprint density at radius 1 is 0.857 bits per heavy atom. The van der Waals surface area contributed by atoms with Crippen molar-refractivity contribution in [2.75, 3.05) is 25.5 Å². The first-order chi connectivity index (χ1) is 13.5. The van der Waals surface area contributed by atoms with E-state index in [1.807, 2.05) is 38.4 Å². The van der Waals surface area contributed by atoms with E-state index in [1.165, 1.54) is 28.9 Å². The number of rotatable bonds is 8. The lowest BCUT2D eigenvalue weighted by molar-refractivity contribution is -0.671. The number of hydrogen-bond acceptors (Lipinski definition) is 1. The number of halogens is 2. The van der Waals surface area contributed by atoms with Crippen LogP contribution in [0.5, 0.6) is 0 Å². The van der Waals surface area contributed by atoms with E-state index in [4.69, 9.17) is 11.6 Å². The molecule has 0 aliphatic heterocycles. The number of nitrogens with zero attached hydrogens (tertiary/aromatic N) is 1. The molecule has 0 bridgehead atoms. The van der Waals surface area contributed by atoms with E-state index < -0.39 is 0 Å². The molecule has 0 amide bonds. The Labute approximate surface area is 172 Å². The maximum absolute atomic E-state index is 13.4. The van der Waals surface area contributed by atoms with Gasteiger partial charge in [-0.2, -0.15) is 0 Å². The third-order valence-corrected chi connectivity index (χ3v) is 5.29. The molecule has 0 heterocycles. The highest BCUT2D eigenvalue weighted by Crippen LogP contribution is 2.28. The molecule has 0 saturated heterocycles. The predicted molar refractivity (Wildman–Crippen MR) is 116 cm³/mol. The van der Waals surface area contributed by atoms with E-state index in [9.17, 15) is 4.39 Å². The highest BCUT2D eigenvalue weighted by atomic mass is 35.5. The van der Waals surface area contributed by atoms with E-state index in [0.29, 0.717) is 0 Å². The summed E-state index contributed by atoms with van der Waals surface area (Å²) in [4.78, 5) is 2.10. The smallest absolute Gasteiger partial charge is 0.123 e. The van der Waals surface area contributed by atoms with E-state index >= 15 is 0 Å². The Morgan fingerprint density at radius 2 is 1.43 bits per heavy atom. The molecule has 0 fully saturated rings. The average Bonchev–Trinajstić information content (AvgIpc) is 2.70. The fourth-order valence-corrected chi connectivity index (χ4v) is 3.53. The minimum atomic E-state index is -0.202. The second-order valence-corrected chi connectivity index (χ2v) is 7.72. The third-order valence-electron chi connectivity index (χ3n) is 5.04. The molecule has 0 aromatic heterocycles. The van der Waals surface area contributed by atoms with Gasteiger partial charge in [0.2, 0.25) is 0 Å². The summed E-state index contributed by atoms with van der Waals surface area (Å²) in [6, 6.07) is 23.5. The van der Waals surface area contributed by atoms with Crippen molar-refractivity contribution in [3.63, 3.8) is 0 Å². The van der Waals surface area contributed by atoms with Crippen molar-refractivity contribution >= 4 is 17.3 Å². The van der Waals surface area contributed by atoms with Crippen molar-refractivity contribution in [1.82, 2.24) is 0 Å². The van der Waals surface area contributed by atoms with Gasteiger partial charge in [-0.3, -0.25) is 0 Å². The van der Waals surface area contributed by atoms with Crippen LogP contribution in [0, 0.1) is 5.82 Å². The summed E-state index contributed by atoms with van der Waals surface area (Å²) >= 11 is 6.05. The van der Waals surface area contributed by atoms with Gasteiger partial charge in [0.25, 0.3) is 0 Å². The van der Waals surface area contributed by atoms with Crippen molar-refractivity contribution in [3.8, 4) is 0 Å². The largest absolute Gasteiger partial charge is 0.378 e. The molecule has 3 aromatic carbocycles. The van der Waals surface area contributed by atoms with Gasteiger partial charge in [0.05, 0.1) is 6.54 Å². The second kappa shape index (κ2) is 9.72. The average molecular weight is 398 g/mol. The van der Waals surface area contributed by atoms with Gasteiger partial charge < -0.3 is 10.2 Å². The number of quaternary nitrogens is 1. The van der Waals surface area contributed by atoms with Crippen LogP contribution in [-0.2, 0) is 6.54 Å². The number of benzene rings is 3. The molecule has 0 radical (unpaired) electrons. The number of anilines is 1. The summed E-state index contributed by atoms with van der Waals surface area (Å²) in [5.41, 5.74) is 4.87. The van der Waals surface area contributed by atoms with Gasteiger partial charge in [-0.25, -0.2) is 4.39 Å². The van der Waals surface area contributed by atoms with Crippen LogP contribution in [-0.4, -0.2) is 20.6 Å². The molecule has 3 rings (SSSR count). The minimum absolute atomic E-state index is 0.202. The van der Waals surface area contributed by atoms with E-state index in [-0.39, 0.29) is 11.7 Å². The first kappa shape index (κ1) is 20.4. The molecular formula is C24H27ClFN2+. The van der Waals surface area contributed by atoms with E-state index in [1.54, 1.807) is 0 Å². The molecule has 2 N–H and O–H groups in total. The first-order valence-electron chi connectivity index (χ1n) is 9.62. The number of nitrogens with two attached hydrogens (primary N) is 1. The maximum Gasteiger partial charge on any atom is 0.123 e. The maximum atomic E-state index is 13.4. The zero-order valence-corrected chi connectivity index (χ0v) is 17.2. The fraction of sp³-hybridized carbons (Fsp3) is 0.250. The predicted octanol–water partition coefficient (Wildman–Crippen LogP) is 4.83. The second-order valence-electron chi connectivity index (χ2n) is 7.29. The standard InChI is InChI=1S/C24H26ClFN2/c1-28(2)23-13-3-18(4-14-23)17-27-16-15-24(19-5-9-21(25)10-6-19)20-7-11-22(26)12-8-20/h3-14,24,27H,15-17H2,1-2H3/p+1/t24-/m1/s1. The van der Waals surface area contributed by atoms with Gasteiger partial charge >= 0.3 is 0 Å². The summed E-state index contributed by atoms with van der Waals surface area (Å²) in [5.74, 6) is 0.0246. The van der Waals surface area contributed by atoms with Crippen LogP contribution in [0.4, 0.5) is 10.1 Å². The quantitative estimate of drug-likeness (QED) is 0.539. The Hall–Kier alpha value is -2.36. The highest BCUT2D eigenvalue weighted by Gasteiger charge is 2.15. The van der Waals surface area contributed by atoms with Crippen molar-refractivity contribution < 1.29 is 9.71 Å². The molecule has 0 saturated carbocycles. The SMILES string of the molecule is CN(C)c1ccc(C[NH2+]CC[C@@H](c2ccc(F)cc2)c2ccc(Cl)cc2)cc1. The van der Waals surface area contributed by atoms with E-state index in [2.05, 4.69) is 46.6 Å². The third kappa shape index (κ3) is 5.57. The van der Waals surface area contributed by atoms with Crippen LogP contribution in [0.3, 0.4) is 0 Å². The summed E-state index contributed by atoms with van der Waals surface area (Å²) in [5, 5.41) is 3.06. The van der Waals surface area contributed by atoms with Crippen LogP contribution < -0.4 is 10.2 Å². The van der Waals surface area contributed by atoms with Crippen molar-refractivity contribution in [3.05, 3.63) is 100 Å². The number of hydrogen-bond donors (Lipinski definition) is 1. The molecule has 2 nitrogen and oxygen atoms in total. The molecule has 0 aliphatic rings. The van der Waals surface area contributed by atoms with Gasteiger partial charge in [-0.05, 0) is 47.5 Å². The Morgan fingerprint density at radius 3 is 2.00 bits per heavy atom. The van der Waals surface area contributed by atoms with Crippen molar-refractivity contribution in [2.24, 2.45) is 0 Å². The van der Waals surface area contributed by atoms with Crippen LogP contribution in [0.15, 0.2) is 72.8 Å². The topological polar surface area (TPSA) is 19.9 Å². The van der Waals surface area contributed by atoms with Crippen LogP contribution in [0.1, 0.15) is 29.0 Å². The lowest BCUT2D eigenvalue weighted by Crippen LogP contribution is -2.82. The van der Waals surface area contributed by atoms with Crippen molar-refractivity contribution in [2.45, 2.75) is 18.9 Å². The lowest BCUT2D eigenvalue weighted by Gasteiger charge is -2.18. The molecule has 0 spiro atoms. The van der Waals surface area contributed by atoms with Gasteiger partial charge in [-0.15, -0.1) is 0 Å². The highest BCUT2D eigenvalue weighted by molar-refractivity contribution is 6.30. The Bertz CT molecular complexity index is 813. The lowest BCUT2D eigenvalue weighted by atomic mass is 9.88. The molecule has 28 heavy (non-hydrogen) atoms. The molecular weight excluding hydrogens is 371 g/mol. The zero-order valence-electron chi connectivity index (χ0n) is 16.4. The van der Waals surface area contributed by atoms with Gasteiger partial charge in [0.15, 0.2) is 0 Å². The van der Waals surface area contributed by atoms with Gasteiger partial charge in [0.1, 0.15) is 12.4 Å². The monoisotopic (exact) mass is 397 g/mol. The van der Waals surface area contributed by atoms with Crippen molar-refractivity contribution in [1.29, 1.82) is 0 Å².